The van der Waals surface area contributed by atoms with Crippen LogP contribution in [0.15, 0.2) is 14.7 Å². The Morgan fingerprint density at radius 3 is 2.53 bits per heavy atom. The number of likely N-dealkylation sites (N-methyl/N-ethyl adjacent to an activating group) is 2. The minimum absolute atomic E-state index is 0.0983. The largest absolute Gasteiger partial charge is 0.477 e. The van der Waals surface area contributed by atoms with E-state index in [4.69, 9.17) is 5.11 Å². The molecule has 0 aromatic carbocycles. The van der Waals surface area contributed by atoms with Crippen molar-refractivity contribution in [3.63, 3.8) is 0 Å². The van der Waals surface area contributed by atoms with Crippen LogP contribution in [0, 0.1) is 0 Å². The third-order valence-electron chi connectivity index (χ3n) is 2.20. The van der Waals surface area contributed by atoms with Crippen LogP contribution < -0.4 is 5.32 Å². The number of amides is 1. The van der Waals surface area contributed by atoms with Gasteiger partial charge in [0.15, 0.2) is 0 Å². The molecule has 106 valence electrons. The van der Waals surface area contributed by atoms with Gasteiger partial charge >= 0.3 is 5.97 Å². The van der Waals surface area contributed by atoms with Gasteiger partial charge in [-0.25, -0.2) is 13.2 Å². The monoisotopic (exact) mass is 370 g/mol. The van der Waals surface area contributed by atoms with Crippen LogP contribution in [-0.4, -0.2) is 50.3 Å². The molecular weight excluding hydrogens is 360 g/mol. The van der Waals surface area contributed by atoms with Gasteiger partial charge in [0.05, 0.1) is 10.3 Å². The van der Waals surface area contributed by atoms with Crippen LogP contribution >= 0.6 is 27.3 Å². The maximum Gasteiger partial charge on any atom is 0.345 e. The van der Waals surface area contributed by atoms with Gasteiger partial charge in [0.2, 0.25) is 15.9 Å². The first-order valence-corrected chi connectivity index (χ1v) is 7.94. The van der Waals surface area contributed by atoms with Gasteiger partial charge < -0.3 is 10.4 Å². The second-order valence-corrected chi connectivity index (χ2v) is 7.87. The van der Waals surface area contributed by atoms with E-state index in [0.717, 1.165) is 21.7 Å². The number of sulfonamides is 1. The summed E-state index contributed by atoms with van der Waals surface area (Å²) in [5, 5.41) is 11.1. The lowest BCUT2D eigenvalue weighted by molar-refractivity contribution is -0.120. The molecule has 0 radical (unpaired) electrons. The third kappa shape index (κ3) is 3.53. The van der Waals surface area contributed by atoms with E-state index in [-0.39, 0.29) is 20.1 Å². The summed E-state index contributed by atoms with van der Waals surface area (Å²) in [6.45, 7) is -0.344. The zero-order chi connectivity index (χ0) is 14.8. The molecule has 0 aliphatic carbocycles. The number of carboxylic acid groups (broad SMARTS) is 1. The number of carbonyl (C=O) groups excluding carboxylic acids is 1. The van der Waals surface area contributed by atoms with Gasteiger partial charge in [0, 0.05) is 14.1 Å². The Labute approximate surface area is 122 Å². The van der Waals surface area contributed by atoms with E-state index in [9.17, 15) is 18.0 Å². The average molecular weight is 371 g/mol. The first kappa shape index (κ1) is 16.1. The predicted octanol–water partition coefficient (Wildman–Crippen LogP) is 0.575. The van der Waals surface area contributed by atoms with Crippen LogP contribution in [0.1, 0.15) is 9.67 Å². The molecule has 2 N–H and O–H groups in total. The van der Waals surface area contributed by atoms with Gasteiger partial charge in [-0.1, -0.05) is 0 Å². The maximum absolute atomic E-state index is 12.2. The van der Waals surface area contributed by atoms with Crippen LogP contribution in [0.25, 0.3) is 0 Å². The number of nitrogens with zero attached hydrogens (tertiary/aromatic N) is 1. The smallest absolute Gasteiger partial charge is 0.345 e. The van der Waals surface area contributed by atoms with Crippen molar-refractivity contribution in [1.82, 2.24) is 9.62 Å². The van der Waals surface area contributed by atoms with E-state index in [2.05, 4.69) is 21.2 Å². The molecule has 0 aliphatic rings. The Hall–Kier alpha value is -0.970. The van der Waals surface area contributed by atoms with Gasteiger partial charge in [0.1, 0.15) is 9.77 Å². The molecule has 0 unspecified atom stereocenters. The molecule has 7 nitrogen and oxygen atoms in total. The number of halogens is 1. The Morgan fingerprint density at radius 1 is 1.53 bits per heavy atom. The van der Waals surface area contributed by atoms with Crippen LogP contribution in [0.3, 0.4) is 0 Å². The zero-order valence-electron chi connectivity index (χ0n) is 10.0. The molecule has 0 fully saturated rings. The van der Waals surface area contributed by atoms with Gasteiger partial charge in [-0.2, -0.15) is 4.31 Å². The Morgan fingerprint density at radius 2 is 2.11 bits per heavy atom. The first-order valence-electron chi connectivity index (χ1n) is 4.89. The number of hydrogen-bond donors (Lipinski definition) is 2. The highest BCUT2D eigenvalue weighted by molar-refractivity contribution is 9.11. The normalized spacial score (nSPS) is 11.6. The van der Waals surface area contributed by atoms with Gasteiger partial charge in [0.25, 0.3) is 0 Å². The summed E-state index contributed by atoms with van der Waals surface area (Å²) in [6.07, 6.45) is 0. The fourth-order valence-electron chi connectivity index (χ4n) is 1.17. The van der Waals surface area contributed by atoms with Gasteiger partial charge in [-0.15, -0.1) is 11.3 Å². The Balaban J connectivity index is 3.13. The molecule has 0 spiro atoms. The van der Waals surface area contributed by atoms with Crippen LogP contribution in [0.2, 0.25) is 0 Å². The SMILES string of the molecule is CNC(=O)CN(C)S(=O)(=O)c1cc(C(=O)O)sc1Br. The van der Waals surface area contributed by atoms with Crippen molar-refractivity contribution in [3.05, 3.63) is 14.7 Å². The summed E-state index contributed by atoms with van der Waals surface area (Å²) in [5.41, 5.74) is 0. The highest BCUT2D eigenvalue weighted by atomic mass is 79.9. The Bertz CT molecular complexity index is 610. The molecule has 0 aliphatic heterocycles. The van der Waals surface area contributed by atoms with Crippen molar-refractivity contribution in [2.45, 2.75) is 4.90 Å². The molecule has 1 rings (SSSR count). The standard InChI is InChI=1S/C9H11BrN2O5S2/c1-11-7(13)4-12(2)19(16,17)6-3-5(9(14)15)18-8(6)10/h3H,4H2,1-2H3,(H,11,13)(H,14,15). The lowest BCUT2D eigenvalue weighted by Crippen LogP contribution is -2.36. The van der Waals surface area contributed by atoms with Crippen molar-refractivity contribution in [1.29, 1.82) is 0 Å². The topological polar surface area (TPSA) is 104 Å². The van der Waals surface area contributed by atoms with Crippen molar-refractivity contribution in [2.24, 2.45) is 0 Å². The summed E-state index contributed by atoms with van der Waals surface area (Å²) < 4.78 is 25.4. The lowest BCUT2D eigenvalue weighted by atomic mass is 10.5. The highest BCUT2D eigenvalue weighted by Gasteiger charge is 2.28. The highest BCUT2D eigenvalue weighted by Crippen LogP contribution is 2.33. The fraction of sp³-hybridized carbons (Fsp3) is 0.333. The summed E-state index contributed by atoms with van der Waals surface area (Å²) in [6, 6.07) is 1.06. The van der Waals surface area contributed by atoms with Crippen LogP contribution in [0.4, 0.5) is 0 Å². The molecule has 1 amide bonds. The quantitative estimate of drug-likeness (QED) is 0.788. The van der Waals surface area contributed by atoms with Crippen molar-refractivity contribution >= 4 is 49.2 Å². The molecule has 0 saturated heterocycles. The van der Waals surface area contributed by atoms with E-state index in [1.165, 1.54) is 14.1 Å². The van der Waals surface area contributed by atoms with Crippen LogP contribution in [0.5, 0.6) is 0 Å². The summed E-state index contributed by atoms with van der Waals surface area (Å²) in [5.74, 6) is -1.67. The lowest BCUT2D eigenvalue weighted by Gasteiger charge is -2.15. The van der Waals surface area contributed by atoms with Crippen molar-refractivity contribution in [3.8, 4) is 0 Å². The molecule has 0 atom stereocenters. The molecule has 10 heteroatoms. The number of carboxylic acids is 1. The predicted molar refractivity (Wildman–Crippen MR) is 72.9 cm³/mol. The van der Waals surface area contributed by atoms with E-state index in [0.29, 0.717) is 0 Å². The van der Waals surface area contributed by atoms with E-state index >= 15 is 0 Å². The van der Waals surface area contributed by atoms with Crippen molar-refractivity contribution in [2.75, 3.05) is 20.6 Å². The van der Waals surface area contributed by atoms with E-state index in [1.807, 2.05) is 0 Å². The molecule has 0 saturated carbocycles. The number of nitrogens with one attached hydrogen (secondary N) is 1. The molecule has 0 bridgehead atoms. The second kappa shape index (κ2) is 5.99. The number of hydrogen-bond acceptors (Lipinski definition) is 5. The summed E-state index contributed by atoms with van der Waals surface area (Å²) in [7, 11) is -1.27. The number of thiophene rings is 1. The molecule has 1 aromatic heterocycles. The van der Waals surface area contributed by atoms with E-state index < -0.39 is 21.9 Å². The number of aromatic carboxylic acids is 1. The summed E-state index contributed by atoms with van der Waals surface area (Å²) in [4.78, 5) is 21.7. The first-order chi connectivity index (χ1) is 8.70. The minimum atomic E-state index is -3.91. The Kier molecular flexibility index (Phi) is 5.07. The van der Waals surface area contributed by atoms with E-state index in [1.54, 1.807) is 0 Å². The molecule has 19 heavy (non-hydrogen) atoms. The summed E-state index contributed by atoms with van der Waals surface area (Å²) >= 11 is 3.82. The molecule has 1 heterocycles. The maximum atomic E-state index is 12.2. The van der Waals surface area contributed by atoms with Gasteiger partial charge in [-0.05, 0) is 22.0 Å². The van der Waals surface area contributed by atoms with Gasteiger partial charge in [-0.3, -0.25) is 4.79 Å². The van der Waals surface area contributed by atoms with Crippen molar-refractivity contribution < 1.29 is 23.1 Å². The minimum Gasteiger partial charge on any atom is -0.477 e. The zero-order valence-corrected chi connectivity index (χ0v) is 13.2. The average Bonchev–Trinajstić information content (AvgIpc) is 2.71. The fourth-order valence-corrected chi connectivity index (χ4v) is 4.64. The number of rotatable bonds is 5. The third-order valence-corrected chi connectivity index (χ3v) is 6.24. The molecule has 1 aromatic rings. The number of carbonyl (C=O) groups is 2. The van der Waals surface area contributed by atoms with Crippen LogP contribution in [-0.2, 0) is 14.8 Å². The molecular formula is C9H11BrN2O5S2. The second-order valence-electron chi connectivity index (χ2n) is 3.49.